The van der Waals surface area contributed by atoms with E-state index in [1.54, 1.807) is 13.1 Å². The number of rotatable bonds is 4. The Bertz CT molecular complexity index is 411. The van der Waals surface area contributed by atoms with Crippen LogP contribution in [-0.4, -0.2) is 24.4 Å². The van der Waals surface area contributed by atoms with E-state index in [1.165, 1.54) is 32.1 Å². The van der Waals surface area contributed by atoms with Crippen LogP contribution >= 0.6 is 0 Å². The second-order valence-electron chi connectivity index (χ2n) is 5.32. The first-order chi connectivity index (χ1) is 8.68. The maximum absolute atomic E-state index is 11.6. The Morgan fingerprint density at radius 1 is 1.39 bits per heavy atom. The van der Waals surface area contributed by atoms with Crippen molar-refractivity contribution in [2.24, 2.45) is 5.92 Å². The van der Waals surface area contributed by atoms with Crippen LogP contribution in [0.15, 0.2) is 18.3 Å². The second-order valence-corrected chi connectivity index (χ2v) is 5.32. The summed E-state index contributed by atoms with van der Waals surface area (Å²) in [6.45, 7) is 2.62. The Hall–Kier alpha value is -1.38. The van der Waals surface area contributed by atoms with Crippen molar-refractivity contribution in [2.45, 2.75) is 39.0 Å². The first kappa shape index (κ1) is 13.1. The maximum Gasteiger partial charge on any atom is 0.163 e. The number of anilines is 1. The summed E-state index contributed by atoms with van der Waals surface area (Å²) < 4.78 is 0. The molecular weight excluding hydrogens is 224 g/mol. The molecule has 0 aliphatic heterocycles. The largest absolute Gasteiger partial charge is 0.359 e. The number of Topliss-reactive ketones (excluding diaryl/α,β-unsaturated/α-hetero) is 1. The van der Waals surface area contributed by atoms with Crippen LogP contribution < -0.4 is 4.90 Å². The quantitative estimate of drug-likeness (QED) is 0.764. The van der Waals surface area contributed by atoms with Crippen LogP contribution in [0.2, 0.25) is 0 Å². The highest BCUT2D eigenvalue weighted by Gasteiger charge is 2.18. The fourth-order valence-corrected chi connectivity index (χ4v) is 2.82. The molecule has 1 fully saturated rings. The molecule has 1 saturated carbocycles. The molecule has 2 rings (SSSR count). The number of hydrogen-bond donors (Lipinski definition) is 0. The van der Waals surface area contributed by atoms with Crippen LogP contribution in [0, 0.1) is 5.92 Å². The number of hydrogen-bond acceptors (Lipinski definition) is 3. The molecule has 0 atom stereocenters. The van der Waals surface area contributed by atoms with Gasteiger partial charge in [0.2, 0.25) is 0 Å². The molecular formula is C15H22N2O. The van der Waals surface area contributed by atoms with Crippen molar-refractivity contribution in [3.63, 3.8) is 0 Å². The van der Waals surface area contributed by atoms with E-state index in [0.29, 0.717) is 0 Å². The standard InChI is InChI=1S/C15H22N2O/c1-12(18)14-9-6-10-16-15(14)17(2)11-13-7-4-3-5-8-13/h6,9-10,13H,3-5,7-8,11H2,1-2H3. The fraction of sp³-hybridized carbons (Fsp3) is 0.600. The van der Waals surface area contributed by atoms with E-state index in [2.05, 4.69) is 9.88 Å². The van der Waals surface area contributed by atoms with E-state index >= 15 is 0 Å². The summed E-state index contributed by atoms with van der Waals surface area (Å²) in [6, 6.07) is 3.69. The van der Waals surface area contributed by atoms with E-state index in [9.17, 15) is 4.79 Å². The summed E-state index contributed by atoms with van der Waals surface area (Å²) in [6.07, 6.45) is 8.46. The molecule has 0 saturated heterocycles. The Morgan fingerprint density at radius 3 is 2.78 bits per heavy atom. The summed E-state index contributed by atoms with van der Waals surface area (Å²) in [5.41, 5.74) is 0.732. The first-order valence-corrected chi connectivity index (χ1v) is 6.85. The molecule has 1 heterocycles. The zero-order valence-electron chi connectivity index (χ0n) is 11.4. The van der Waals surface area contributed by atoms with Gasteiger partial charge < -0.3 is 4.90 Å². The molecule has 18 heavy (non-hydrogen) atoms. The normalized spacial score (nSPS) is 16.6. The molecule has 1 aromatic rings. The van der Waals surface area contributed by atoms with Crippen LogP contribution in [0.3, 0.4) is 0 Å². The minimum absolute atomic E-state index is 0.0913. The molecule has 98 valence electrons. The number of carbonyl (C=O) groups is 1. The second kappa shape index (κ2) is 5.98. The molecule has 0 aromatic carbocycles. The molecule has 1 aliphatic rings. The van der Waals surface area contributed by atoms with Crippen molar-refractivity contribution >= 4 is 11.6 Å². The van der Waals surface area contributed by atoms with Gasteiger partial charge in [0, 0.05) is 19.8 Å². The molecule has 0 bridgehead atoms. The number of nitrogens with zero attached hydrogens (tertiary/aromatic N) is 2. The predicted molar refractivity (Wildman–Crippen MR) is 74.1 cm³/mol. The third-order valence-corrected chi connectivity index (χ3v) is 3.78. The van der Waals surface area contributed by atoms with Crippen molar-refractivity contribution in [1.82, 2.24) is 4.98 Å². The van der Waals surface area contributed by atoms with Crippen molar-refractivity contribution in [2.75, 3.05) is 18.5 Å². The number of aromatic nitrogens is 1. The van der Waals surface area contributed by atoms with E-state index in [1.807, 2.05) is 19.2 Å². The highest BCUT2D eigenvalue weighted by Crippen LogP contribution is 2.26. The van der Waals surface area contributed by atoms with Crippen molar-refractivity contribution in [3.05, 3.63) is 23.9 Å². The lowest BCUT2D eigenvalue weighted by atomic mass is 9.89. The predicted octanol–water partition coefficient (Wildman–Crippen LogP) is 3.30. The van der Waals surface area contributed by atoms with Gasteiger partial charge in [0.1, 0.15) is 5.82 Å². The summed E-state index contributed by atoms with van der Waals surface area (Å²) in [4.78, 5) is 18.1. The van der Waals surface area contributed by atoms with Gasteiger partial charge in [0.15, 0.2) is 5.78 Å². The SMILES string of the molecule is CC(=O)c1cccnc1N(C)CC1CCCCC1. The van der Waals surface area contributed by atoms with Crippen molar-refractivity contribution in [3.8, 4) is 0 Å². The van der Waals surface area contributed by atoms with Gasteiger partial charge in [-0.1, -0.05) is 19.3 Å². The van der Waals surface area contributed by atoms with E-state index in [4.69, 9.17) is 0 Å². The van der Waals surface area contributed by atoms with Gasteiger partial charge in [0.25, 0.3) is 0 Å². The topological polar surface area (TPSA) is 33.2 Å². The first-order valence-electron chi connectivity index (χ1n) is 6.85. The highest BCUT2D eigenvalue weighted by atomic mass is 16.1. The van der Waals surface area contributed by atoms with Gasteiger partial charge in [-0.15, -0.1) is 0 Å². The van der Waals surface area contributed by atoms with Crippen LogP contribution in [0.25, 0.3) is 0 Å². The number of pyridine rings is 1. The Kier molecular flexibility index (Phi) is 4.34. The zero-order chi connectivity index (χ0) is 13.0. The zero-order valence-corrected chi connectivity index (χ0v) is 11.4. The average Bonchev–Trinajstić information content (AvgIpc) is 2.40. The lowest BCUT2D eigenvalue weighted by molar-refractivity contribution is 0.101. The van der Waals surface area contributed by atoms with Crippen LogP contribution in [0.4, 0.5) is 5.82 Å². The molecule has 0 N–H and O–H groups in total. The summed E-state index contributed by atoms with van der Waals surface area (Å²) in [5, 5.41) is 0. The van der Waals surface area contributed by atoms with Crippen LogP contribution in [0.1, 0.15) is 49.4 Å². The molecule has 0 amide bonds. The maximum atomic E-state index is 11.6. The van der Waals surface area contributed by atoms with Gasteiger partial charge in [-0.2, -0.15) is 0 Å². The van der Waals surface area contributed by atoms with Crippen molar-refractivity contribution in [1.29, 1.82) is 0 Å². The van der Waals surface area contributed by atoms with Crippen LogP contribution in [0.5, 0.6) is 0 Å². The Balaban J connectivity index is 2.08. The van der Waals surface area contributed by atoms with Gasteiger partial charge in [0.05, 0.1) is 5.56 Å². The highest BCUT2D eigenvalue weighted by molar-refractivity contribution is 5.98. The van der Waals surface area contributed by atoms with E-state index < -0.39 is 0 Å². The molecule has 3 nitrogen and oxygen atoms in total. The molecule has 0 radical (unpaired) electrons. The molecule has 1 aliphatic carbocycles. The third kappa shape index (κ3) is 3.09. The van der Waals surface area contributed by atoms with Gasteiger partial charge in [-0.3, -0.25) is 4.79 Å². The van der Waals surface area contributed by atoms with Gasteiger partial charge >= 0.3 is 0 Å². The van der Waals surface area contributed by atoms with Gasteiger partial charge in [-0.25, -0.2) is 4.98 Å². The Morgan fingerprint density at radius 2 is 2.11 bits per heavy atom. The summed E-state index contributed by atoms with van der Waals surface area (Å²) >= 11 is 0. The van der Waals surface area contributed by atoms with Crippen molar-refractivity contribution < 1.29 is 4.79 Å². The number of carbonyl (C=O) groups excluding carboxylic acids is 1. The summed E-state index contributed by atoms with van der Waals surface area (Å²) in [7, 11) is 2.05. The van der Waals surface area contributed by atoms with E-state index in [0.717, 1.165) is 23.8 Å². The molecule has 3 heteroatoms. The van der Waals surface area contributed by atoms with Gasteiger partial charge in [-0.05, 0) is 37.8 Å². The smallest absolute Gasteiger partial charge is 0.163 e. The minimum atomic E-state index is 0.0913. The lowest BCUT2D eigenvalue weighted by Gasteiger charge is -2.28. The lowest BCUT2D eigenvalue weighted by Crippen LogP contribution is -2.28. The minimum Gasteiger partial charge on any atom is -0.359 e. The van der Waals surface area contributed by atoms with E-state index in [-0.39, 0.29) is 5.78 Å². The molecule has 1 aromatic heterocycles. The summed E-state index contributed by atoms with van der Waals surface area (Å²) in [5.74, 6) is 1.68. The third-order valence-electron chi connectivity index (χ3n) is 3.78. The molecule has 0 unspecified atom stereocenters. The van der Waals surface area contributed by atoms with Crippen LogP contribution in [-0.2, 0) is 0 Å². The monoisotopic (exact) mass is 246 g/mol. The Labute approximate surface area is 109 Å². The molecule has 0 spiro atoms. The number of ketones is 1. The fourth-order valence-electron chi connectivity index (χ4n) is 2.82. The average molecular weight is 246 g/mol.